The van der Waals surface area contributed by atoms with Crippen LogP contribution in [0.3, 0.4) is 0 Å². The van der Waals surface area contributed by atoms with Gasteiger partial charge in [0.2, 0.25) is 0 Å². The van der Waals surface area contributed by atoms with Gasteiger partial charge in [-0.1, -0.05) is 12.7 Å². The quantitative estimate of drug-likeness (QED) is 0.482. The van der Waals surface area contributed by atoms with Crippen LogP contribution in [-0.4, -0.2) is 19.1 Å². The summed E-state index contributed by atoms with van der Waals surface area (Å²) in [5, 5.41) is 0. The van der Waals surface area contributed by atoms with Crippen molar-refractivity contribution in [3.63, 3.8) is 0 Å². The molecule has 0 aliphatic rings. The van der Waals surface area contributed by atoms with Gasteiger partial charge in [-0.3, -0.25) is 4.79 Å². The average Bonchev–Trinajstić information content (AvgIpc) is 2.00. The Morgan fingerprint density at radius 2 is 2.27 bits per heavy atom. The fourth-order valence-corrected chi connectivity index (χ4v) is 0.413. The van der Waals surface area contributed by atoms with Crippen LogP contribution in [0.2, 0.25) is 0 Å². The highest BCUT2D eigenvalue weighted by molar-refractivity contribution is 5.76. The Labute approximate surface area is 67.2 Å². The van der Waals surface area contributed by atoms with Crippen molar-refractivity contribution < 1.29 is 9.53 Å². The predicted octanol–water partition coefficient (Wildman–Crippen LogP) is 0.701. The number of hydrogen-bond acceptors (Lipinski definition) is 3. The molecule has 0 saturated carbocycles. The highest BCUT2D eigenvalue weighted by Crippen LogP contribution is 2.14. The Hall–Kier alpha value is -0.830. The number of esters is 1. The Morgan fingerprint density at radius 3 is 2.64 bits per heavy atom. The lowest BCUT2D eigenvalue weighted by Gasteiger charge is -2.19. The van der Waals surface area contributed by atoms with Gasteiger partial charge >= 0.3 is 5.97 Å². The molecule has 0 spiro atoms. The highest BCUT2D eigenvalue weighted by Gasteiger charge is 2.26. The SMILES string of the molecule is C=CCOC(=O)C(C)(C)CN. The smallest absolute Gasteiger partial charge is 0.313 e. The number of carbonyl (C=O) groups is 1. The highest BCUT2D eigenvalue weighted by atomic mass is 16.5. The van der Waals surface area contributed by atoms with Gasteiger partial charge in [0.1, 0.15) is 6.61 Å². The third kappa shape index (κ3) is 3.18. The van der Waals surface area contributed by atoms with Crippen LogP contribution >= 0.6 is 0 Å². The van der Waals surface area contributed by atoms with Crippen LogP contribution in [-0.2, 0) is 9.53 Å². The second kappa shape index (κ2) is 4.13. The van der Waals surface area contributed by atoms with Gasteiger partial charge in [0, 0.05) is 6.54 Å². The number of hydrogen-bond donors (Lipinski definition) is 1. The largest absolute Gasteiger partial charge is 0.461 e. The number of nitrogens with two attached hydrogens (primary N) is 1. The summed E-state index contributed by atoms with van der Waals surface area (Å²) in [6.07, 6.45) is 1.53. The molecule has 2 N–H and O–H groups in total. The third-order valence-corrected chi connectivity index (χ3v) is 1.40. The predicted molar refractivity (Wildman–Crippen MR) is 44.0 cm³/mol. The Bertz CT molecular complexity index is 152. The second-order valence-electron chi connectivity index (χ2n) is 2.98. The van der Waals surface area contributed by atoms with E-state index in [1.807, 2.05) is 0 Å². The van der Waals surface area contributed by atoms with Gasteiger partial charge in [-0.15, -0.1) is 0 Å². The lowest BCUT2D eigenvalue weighted by atomic mass is 9.94. The molecule has 0 saturated heterocycles. The molecule has 0 atom stereocenters. The fraction of sp³-hybridized carbons (Fsp3) is 0.625. The van der Waals surface area contributed by atoms with Crippen LogP contribution < -0.4 is 5.73 Å². The number of rotatable bonds is 4. The summed E-state index contributed by atoms with van der Waals surface area (Å²) in [4.78, 5) is 11.1. The second-order valence-corrected chi connectivity index (χ2v) is 2.98. The minimum absolute atomic E-state index is 0.252. The van der Waals surface area contributed by atoms with Gasteiger partial charge in [-0.25, -0.2) is 0 Å². The lowest BCUT2D eigenvalue weighted by Crippen LogP contribution is -2.34. The maximum Gasteiger partial charge on any atom is 0.313 e. The summed E-state index contributed by atoms with van der Waals surface area (Å²) in [5.74, 6) is -0.278. The maximum atomic E-state index is 11.1. The molecule has 0 aromatic heterocycles. The van der Waals surface area contributed by atoms with Gasteiger partial charge in [0.05, 0.1) is 5.41 Å². The molecule has 0 aromatic carbocycles. The van der Waals surface area contributed by atoms with Crippen LogP contribution in [0, 0.1) is 5.41 Å². The molecule has 3 nitrogen and oxygen atoms in total. The van der Waals surface area contributed by atoms with Gasteiger partial charge in [-0.05, 0) is 13.8 Å². The summed E-state index contributed by atoms with van der Waals surface area (Å²) in [6.45, 7) is 7.48. The van der Waals surface area contributed by atoms with E-state index in [1.54, 1.807) is 13.8 Å². The van der Waals surface area contributed by atoms with E-state index in [9.17, 15) is 4.79 Å². The van der Waals surface area contributed by atoms with Crippen molar-refractivity contribution in [1.82, 2.24) is 0 Å². The van der Waals surface area contributed by atoms with Crippen molar-refractivity contribution in [3.05, 3.63) is 12.7 Å². The molecule has 11 heavy (non-hydrogen) atoms. The van der Waals surface area contributed by atoms with Crippen molar-refractivity contribution >= 4 is 5.97 Å². The zero-order chi connectivity index (χ0) is 8.91. The summed E-state index contributed by atoms with van der Waals surface area (Å²) < 4.78 is 4.81. The van der Waals surface area contributed by atoms with E-state index in [0.717, 1.165) is 0 Å². The van der Waals surface area contributed by atoms with Crippen molar-refractivity contribution in [1.29, 1.82) is 0 Å². The van der Waals surface area contributed by atoms with E-state index in [2.05, 4.69) is 6.58 Å². The molecule has 0 heterocycles. The Balaban J connectivity index is 3.91. The first-order valence-electron chi connectivity index (χ1n) is 3.53. The normalized spacial score (nSPS) is 10.8. The van der Waals surface area contributed by atoms with Crippen molar-refractivity contribution in [2.75, 3.05) is 13.2 Å². The van der Waals surface area contributed by atoms with E-state index < -0.39 is 5.41 Å². The van der Waals surface area contributed by atoms with Crippen LogP contribution in [0.4, 0.5) is 0 Å². The van der Waals surface area contributed by atoms with Crippen LogP contribution in [0.25, 0.3) is 0 Å². The van der Waals surface area contributed by atoms with Crippen LogP contribution in [0.5, 0.6) is 0 Å². The Morgan fingerprint density at radius 1 is 1.73 bits per heavy atom. The van der Waals surface area contributed by atoms with E-state index in [1.165, 1.54) is 6.08 Å². The van der Waals surface area contributed by atoms with E-state index in [4.69, 9.17) is 10.5 Å². The lowest BCUT2D eigenvalue weighted by molar-refractivity contribution is -0.152. The molecule has 0 aliphatic heterocycles. The summed E-state index contributed by atoms with van der Waals surface area (Å²) in [6, 6.07) is 0. The van der Waals surface area contributed by atoms with E-state index >= 15 is 0 Å². The topological polar surface area (TPSA) is 52.3 Å². The zero-order valence-corrected chi connectivity index (χ0v) is 7.09. The standard InChI is InChI=1S/C8H15NO2/c1-4-5-11-7(10)8(2,3)6-9/h4H,1,5-6,9H2,2-3H3. The molecule has 0 amide bonds. The molecular formula is C8H15NO2. The molecule has 3 heteroatoms. The van der Waals surface area contributed by atoms with Gasteiger partial charge < -0.3 is 10.5 Å². The van der Waals surface area contributed by atoms with Gasteiger partial charge in [-0.2, -0.15) is 0 Å². The van der Waals surface area contributed by atoms with Crippen molar-refractivity contribution in [2.24, 2.45) is 11.1 Å². The first kappa shape index (κ1) is 10.2. The number of ether oxygens (including phenoxy) is 1. The van der Waals surface area contributed by atoms with Gasteiger partial charge in [0.15, 0.2) is 0 Å². The molecular weight excluding hydrogens is 142 g/mol. The molecule has 0 aliphatic carbocycles. The first-order valence-corrected chi connectivity index (χ1v) is 3.53. The molecule has 0 radical (unpaired) electrons. The van der Waals surface area contributed by atoms with E-state index in [0.29, 0.717) is 6.54 Å². The fourth-order valence-electron chi connectivity index (χ4n) is 0.413. The van der Waals surface area contributed by atoms with Crippen LogP contribution in [0.15, 0.2) is 12.7 Å². The summed E-state index contributed by atoms with van der Waals surface area (Å²) >= 11 is 0. The molecule has 64 valence electrons. The summed E-state index contributed by atoms with van der Waals surface area (Å²) in [7, 11) is 0. The maximum absolute atomic E-state index is 11.1. The monoisotopic (exact) mass is 157 g/mol. The van der Waals surface area contributed by atoms with Gasteiger partial charge in [0.25, 0.3) is 0 Å². The molecule has 0 bridgehead atoms. The zero-order valence-electron chi connectivity index (χ0n) is 7.09. The minimum atomic E-state index is -0.580. The summed E-state index contributed by atoms with van der Waals surface area (Å²) in [5.41, 5.74) is 4.77. The molecule has 0 unspecified atom stereocenters. The third-order valence-electron chi connectivity index (χ3n) is 1.40. The average molecular weight is 157 g/mol. The van der Waals surface area contributed by atoms with E-state index in [-0.39, 0.29) is 12.6 Å². The molecule has 0 aromatic rings. The minimum Gasteiger partial charge on any atom is -0.461 e. The Kier molecular flexibility index (Phi) is 3.82. The van der Waals surface area contributed by atoms with Crippen molar-refractivity contribution in [3.8, 4) is 0 Å². The number of carbonyl (C=O) groups excluding carboxylic acids is 1. The first-order chi connectivity index (χ1) is 5.04. The van der Waals surface area contributed by atoms with Crippen LogP contribution in [0.1, 0.15) is 13.8 Å². The molecule has 0 fully saturated rings. The van der Waals surface area contributed by atoms with Crippen molar-refractivity contribution in [2.45, 2.75) is 13.8 Å². The molecule has 0 rings (SSSR count).